The molecule has 1 aromatic heterocycles. The van der Waals surface area contributed by atoms with Gasteiger partial charge in [-0.05, 0) is 19.8 Å². The second-order valence-electron chi connectivity index (χ2n) is 4.85. The molecule has 0 aromatic carbocycles. The topological polar surface area (TPSA) is 132 Å². The van der Waals surface area contributed by atoms with Crippen molar-refractivity contribution in [2.24, 2.45) is 11.6 Å². The molecule has 5 N–H and O–H groups in total. The zero-order chi connectivity index (χ0) is 15.2. The van der Waals surface area contributed by atoms with E-state index in [1.807, 2.05) is 6.92 Å². The highest BCUT2D eigenvalue weighted by molar-refractivity contribution is 5.79. The summed E-state index contributed by atoms with van der Waals surface area (Å²) in [6, 6.07) is 0.364. The Labute approximate surface area is 123 Å². The number of ether oxygens (including phenoxy) is 1. The maximum Gasteiger partial charge on any atom is 0.323 e. The number of amides is 1. The number of hydrazine groups is 1. The van der Waals surface area contributed by atoms with E-state index in [0.717, 1.165) is 25.7 Å². The van der Waals surface area contributed by atoms with Gasteiger partial charge in [0, 0.05) is 6.04 Å². The van der Waals surface area contributed by atoms with Crippen molar-refractivity contribution in [2.45, 2.75) is 38.6 Å². The van der Waals surface area contributed by atoms with Gasteiger partial charge in [-0.3, -0.25) is 10.2 Å². The number of hydrogen-bond acceptors (Lipinski definition) is 8. The van der Waals surface area contributed by atoms with Crippen LogP contribution < -0.4 is 26.6 Å². The van der Waals surface area contributed by atoms with E-state index >= 15 is 0 Å². The van der Waals surface area contributed by atoms with Gasteiger partial charge in [0.25, 0.3) is 0 Å². The van der Waals surface area contributed by atoms with Crippen molar-refractivity contribution >= 4 is 17.8 Å². The average Bonchev–Trinajstić information content (AvgIpc) is 2.98. The van der Waals surface area contributed by atoms with Crippen molar-refractivity contribution in [3.05, 3.63) is 0 Å². The normalized spacial score (nSPS) is 15.0. The Morgan fingerprint density at radius 2 is 2.10 bits per heavy atom. The van der Waals surface area contributed by atoms with Crippen LogP contribution in [0.15, 0.2) is 0 Å². The minimum Gasteiger partial charge on any atom is -0.464 e. The molecular weight excluding hydrogens is 274 g/mol. The van der Waals surface area contributed by atoms with Crippen molar-refractivity contribution in [3.63, 3.8) is 0 Å². The number of carbonyl (C=O) groups is 1. The first-order chi connectivity index (χ1) is 10.1. The van der Waals surface area contributed by atoms with Crippen LogP contribution in [0.3, 0.4) is 0 Å². The molecule has 2 rings (SSSR count). The molecule has 0 atom stereocenters. The molecular formula is C12H21N7O2. The molecule has 9 nitrogen and oxygen atoms in total. The summed E-state index contributed by atoms with van der Waals surface area (Å²) >= 11 is 0. The highest BCUT2D eigenvalue weighted by atomic mass is 16.5. The van der Waals surface area contributed by atoms with E-state index in [4.69, 9.17) is 16.3 Å². The number of aromatic nitrogens is 3. The summed E-state index contributed by atoms with van der Waals surface area (Å²) in [7, 11) is 0. The predicted octanol–water partition coefficient (Wildman–Crippen LogP) is -0.210. The van der Waals surface area contributed by atoms with Gasteiger partial charge in [-0.1, -0.05) is 12.8 Å². The van der Waals surface area contributed by atoms with E-state index < -0.39 is 5.91 Å². The van der Waals surface area contributed by atoms with Crippen LogP contribution in [-0.4, -0.2) is 40.1 Å². The molecule has 116 valence electrons. The van der Waals surface area contributed by atoms with Crippen molar-refractivity contribution in [3.8, 4) is 6.01 Å². The number of primary amides is 1. The van der Waals surface area contributed by atoms with Crippen LogP contribution in [0.25, 0.3) is 0 Å². The van der Waals surface area contributed by atoms with Gasteiger partial charge in [0.2, 0.25) is 17.8 Å². The lowest BCUT2D eigenvalue weighted by molar-refractivity contribution is -0.116. The summed E-state index contributed by atoms with van der Waals surface area (Å²) in [6.07, 6.45) is 4.19. The highest BCUT2D eigenvalue weighted by Gasteiger charge is 2.27. The number of nitrogens with one attached hydrogen (secondary N) is 1. The first-order valence-electron chi connectivity index (χ1n) is 7.04. The Morgan fingerprint density at radius 3 is 2.67 bits per heavy atom. The summed E-state index contributed by atoms with van der Waals surface area (Å²) in [5.74, 6) is 5.49. The summed E-state index contributed by atoms with van der Waals surface area (Å²) < 4.78 is 5.31. The molecule has 0 aliphatic heterocycles. The molecule has 0 unspecified atom stereocenters. The van der Waals surface area contributed by atoms with Crippen LogP contribution in [-0.2, 0) is 4.79 Å². The molecule has 1 saturated carbocycles. The summed E-state index contributed by atoms with van der Waals surface area (Å²) in [5.41, 5.74) is 7.72. The Morgan fingerprint density at radius 1 is 1.38 bits per heavy atom. The molecule has 1 amide bonds. The van der Waals surface area contributed by atoms with Gasteiger partial charge in [-0.2, -0.15) is 15.0 Å². The molecule has 0 radical (unpaired) electrons. The minimum atomic E-state index is -0.428. The monoisotopic (exact) mass is 295 g/mol. The van der Waals surface area contributed by atoms with Crippen molar-refractivity contribution in [1.29, 1.82) is 0 Å². The van der Waals surface area contributed by atoms with Crippen molar-refractivity contribution in [1.82, 2.24) is 15.0 Å². The van der Waals surface area contributed by atoms with E-state index in [1.54, 1.807) is 4.90 Å². The summed E-state index contributed by atoms with van der Waals surface area (Å²) in [4.78, 5) is 25.6. The first-order valence-corrected chi connectivity index (χ1v) is 7.04. The zero-order valence-corrected chi connectivity index (χ0v) is 12.1. The Hall–Kier alpha value is -2.16. The van der Waals surface area contributed by atoms with E-state index in [9.17, 15) is 4.79 Å². The number of carbonyl (C=O) groups excluding carboxylic acids is 1. The number of nitrogen functional groups attached to an aromatic ring is 1. The van der Waals surface area contributed by atoms with Crippen LogP contribution in [0.1, 0.15) is 32.6 Å². The molecule has 1 heterocycles. The Kier molecular flexibility index (Phi) is 5.09. The molecule has 0 saturated heterocycles. The standard InChI is InChI=1S/C12H21N7O2/c1-2-21-12-16-10(18-14)15-11(17-12)19(7-9(13)20)8-5-3-4-6-8/h8H,2-7,14H2,1H3,(H2,13,20)(H,15,16,17,18). The van der Waals surface area contributed by atoms with Crippen LogP contribution in [0.4, 0.5) is 11.9 Å². The number of nitrogens with zero attached hydrogens (tertiary/aromatic N) is 4. The van der Waals surface area contributed by atoms with Crippen LogP contribution in [0, 0.1) is 0 Å². The molecule has 1 aromatic rings. The van der Waals surface area contributed by atoms with E-state index in [1.165, 1.54) is 0 Å². The second-order valence-corrected chi connectivity index (χ2v) is 4.85. The van der Waals surface area contributed by atoms with E-state index in [-0.39, 0.29) is 24.5 Å². The smallest absolute Gasteiger partial charge is 0.323 e. The lowest BCUT2D eigenvalue weighted by atomic mass is 10.2. The Bertz CT molecular complexity index is 490. The molecule has 1 aliphatic carbocycles. The van der Waals surface area contributed by atoms with E-state index in [2.05, 4.69) is 20.4 Å². The molecule has 1 aliphatic rings. The predicted molar refractivity (Wildman–Crippen MR) is 77.6 cm³/mol. The van der Waals surface area contributed by atoms with Gasteiger partial charge in [0.05, 0.1) is 13.2 Å². The molecule has 21 heavy (non-hydrogen) atoms. The number of nitrogens with two attached hydrogens (primary N) is 2. The van der Waals surface area contributed by atoms with Crippen LogP contribution >= 0.6 is 0 Å². The summed E-state index contributed by atoms with van der Waals surface area (Å²) in [5, 5.41) is 0. The highest BCUT2D eigenvalue weighted by Crippen LogP contribution is 2.27. The first kappa shape index (κ1) is 15.2. The number of anilines is 2. The fraction of sp³-hybridized carbons (Fsp3) is 0.667. The third-order valence-electron chi connectivity index (χ3n) is 3.35. The summed E-state index contributed by atoms with van der Waals surface area (Å²) in [6.45, 7) is 2.31. The SMILES string of the molecule is CCOc1nc(NN)nc(N(CC(N)=O)C2CCCC2)n1. The molecule has 1 fully saturated rings. The van der Waals surface area contributed by atoms with Gasteiger partial charge >= 0.3 is 6.01 Å². The largest absolute Gasteiger partial charge is 0.464 e. The third kappa shape index (κ3) is 3.91. The van der Waals surface area contributed by atoms with Gasteiger partial charge in [0.1, 0.15) is 0 Å². The maximum absolute atomic E-state index is 11.3. The van der Waals surface area contributed by atoms with Crippen molar-refractivity contribution < 1.29 is 9.53 Å². The lowest BCUT2D eigenvalue weighted by Crippen LogP contribution is -2.41. The second kappa shape index (κ2) is 7.02. The van der Waals surface area contributed by atoms with Crippen molar-refractivity contribution in [2.75, 3.05) is 23.5 Å². The Balaban J connectivity index is 2.32. The number of hydrogen-bond donors (Lipinski definition) is 3. The molecule has 9 heteroatoms. The minimum absolute atomic E-state index is 0.0598. The van der Waals surface area contributed by atoms with Gasteiger partial charge < -0.3 is 15.4 Å². The third-order valence-corrected chi connectivity index (χ3v) is 3.35. The fourth-order valence-electron chi connectivity index (χ4n) is 2.48. The van der Waals surface area contributed by atoms with Crippen LogP contribution in [0.5, 0.6) is 6.01 Å². The van der Waals surface area contributed by atoms with E-state index in [0.29, 0.717) is 12.6 Å². The van der Waals surface area contributed by atoms with Gasteiger partial charge in [0.15, 0.2) is 0 Å². The van der Waals surface area contributed by atoms with Gasteiger partial charge in [-0.15, -0.1) is 0 Å². The zero-order valence-electron chi connectivity index (χ0n) is 12.1. The fourth-order valence-corrected chi connectivity index (χ4v) is 2.48. The quantitative estimate of drug-likeness (QED) is 0.465. The molecule has 0 spiro atoms. The van der Waals surface area contributed by atoms with Gasteiger partial charge in [-0.25, -0.2) is 5.84 Å². The van der Waals surface area contributed by atoms with Crippen LogP contribution in [0.2, 0.25) is 0 Å². The lowest BCUT2D eigenvalue weighted by Gasteiger charge is -2.27. The molecule has 0 bridgehead atoms. The maximum atomic E-state index is 11.3. The number of rotatable bonds is 7. The average molecular weight is 295 g/mol.